The van der Waals surface area contributed by atoms with E-state index in [1.807, 2.05) is 18.2 Å². The first-order valence-electron chi connectivity index (χ1n) is 9.18. The van der Waals surface area contributed by atoms with Gasteiger partial charge in [0.25, 0.3) is 0 Å². The Kier molecular flexibility index (Phi) is 8.60. The summed E-state index contributed by atoms with van der Waals surface area (Å²) in [5, 5.41) is 0. The van der Waals surface area contributed by atoms with Crippen molar-refractivity contribution < 1.29 is 4.74 Å². The maximum absolute atomic E-state index is 5.54. The molecule has 1 nitrogen and oxygen atoms in total. The molecule has 0 aromatic heterocycles. The highest BCUT2D eigenvalue weighted by molar-refractivity contribution is 5.71. The predicted octanol–water partition coefficient (Wildman–Crippen LogP) is 7.25. The number of hydrogen-bond acceptors (Lipinski definition) is 1. The predicted molar refractivity (Wildman–Crippen MR) is 107 cm³/mol. The molecule has 0 radical (unpaired) electrons. The van der Waals surface area contributed by atoms with Crippen molar-refractivity contribution in [3.05, 3.63) is 54.1 Å². The summed E-state index contributed by atoms with van der Waals surface area (Å²) < 4.78 is 5.54. The fourth-order valence-electron chi connectivity index (χ4n) is 2.51. The van der Waals surface area contributed by atoms with Crippen LogP contribution in [0.15, 0.2) is 48.5 Å². The number of rotatable bonds is 5. The Morgan fingerprint density at radius 1 is 0.833 bits per heavy atom. The molecule has 0 aliphatic carbocycles. The molecular weight excluding hydrogens is 292 g/mol. The van der Waals surface area contributed by atoms with E-state index >= 15 is 0 Å². The zero-order valence-corrected chi connectivity index (χ0v) is 16.4. The van der Waals surface area contributed by atoms with Crippen molar-refractivity contribution in [2.75, 3.05) is 7.11 Å². The Bertz CT molecular complexity index is 575. The van der Waals surface area contributed by atoms with Crippen molar-refractivity contribution >= 4 is 0 Å². The van der Waals surface area contributed by atoms with E-state index in [9.17, 15) is 0 Å². The number of hydrogen-bond donors (Lipinski definition) is 0. The van der Waals surface area contributed by atoms with Crippen LogP contribution in [0, 0.1) is 0 Å². The van der Waals surface area contributed by atoms with Crippen LogP contribution in [-0.4, -0.2) is 7.11 Å². The molecule has 0 N–H and O–H groups in total. The molecular formula is C23H34O. The second-order valence-electron chi connectivity index (χ2n) is 7.24. The summed E-state index contributed by atoms with van der Waals surface area (Å²) in [5.74, 6) is 0.939. The zero-order chi connectivity index (χ0) is 18.0. The highest BCUT2D eigenvalue weighted by Gasteiger charge is 2.16. The van der Waals surface area contributed by atoms with E-state index < -0.39 is 0 Å². The molecule has 1 heteroatoms. The second kappa shape index (κ2) is 10.2. The highest BCUT2D eigenvalue weighted by atomic mass is 16.5. The molecule has 2 aromatic rings. The van der Waals surface area contributed by atoms with Gasteiger partial charge >= 0.3 is 0 Å². The summed E-state index contributed by atoms with van der Waals surface area (Å²) in [4.78, 5) is 0. The average molecular weight is 327 g/mol. The lowest BCUT2D eigenvalue weighted by molar-refractivity contribution is 0.414. The van der Waals surface area contributed by atoms with Crippen molar-refractivity contribution in [2.24, 2.45) is 0 Å². The number of unbranched alkanes of at least 4 members (excludes halogenated alkanes) is 3. The molecule has 0 heterocycles. The van der Waals surface area contributed by atoms with Gasteiger partial charge in [0.2, 0.25) is 0 Å². The molecule has 0 aliphatic rings. The fourth-order valence-corrected chi connectivity index (χ4v) is 2.51. The molecule has 0 spiro atoms. The Hall–Kier alpha value is -1.76. The van der Waals surface area contributed by atoms with Crippen LogP contribution >= 0.6 is 0 Å². The molecule has 2 aromatic carbocycles. The van der Waals surface area contributed by atoms with Crippen LogP contribution in [0.4, 0.5) is 0 Å². The van der Waals surface area contributed by atoms with Gasteiger partial charge in [0.1, 0.15) is 5.75 Å². The van der Waals surface area contributed by atoms with Gasteiger partial charge in [-0.25, -0.2) is 0 Å². The van der Waals surface area contributed by atoms with Crippen molar-refractivity contribution in [1.82, 2.24) is 0 Å². The summed E-state index contributed by atoms with van der Waals surface area (Å²) in [6.45, 7) is 11.1. The molecule has 2 rings (SSSR count). The molecule has 0 atom stereocenters. The number of ether oxygens (including phenoxy) is 1. The quantitative estimate of drug-likeness (QED) is 0.526. The number of benzene rings is 2. The van der Waals surface area contributed by atoms with Crippen LogP contribution in [0.2, 0.25) is 0 Å². The Labute approximate surface area is 149 Å². The van der Waals surface area contributed by atoms with Gasteiger partial charge in [0.15, 0.2) is 0 Å². The standard InChI is InChI=1S/C17H20O.C6H14/c1-17(2,3)14-10-11-15(16(12-14)18-4)13-8-6-5-7-9-13;1-3-5-6-4-2/h5-12H,1-4H3;3-6H2,1-2H3. The normalized spacial score (nSPS) is 10.8. The molecule has 0 bridgehead atoms. The van der Waals surface area contributed by atoms with Crippen LogP contribution in [-0.2, 0) is 5.41 Å². The number of methoxy groups -OCH3 is 1. The zero-order valence-electron chi connectivity index (χ0n) is 16.4. The van der Waals surface area contributed by atoms with Gasteiger partial charge in [0, 0.05) is 5.56 Å². The smallest absolute Gasteiger partial charge is 0.126 e. The maximum Gasteiger partial charge on any atom is 0.126 e. The Morgan fingerprint density at radius 2 is 1.42 bits per heavy atom. The fraction of sp³-hybridized carbons (Fsp3) is 0.478. The second-order valence-corrected chi connectivity index (χ2v) is 7.24. The topological polar surface area (TPSA) is 9.23 Å². The maximum atomic E-state index is 5.54. The monoisotopic (exact) mass is 326 g/mol. The lowest BCUT2D eigenvalue weighted by atomic mass is 9.86. The van der Waals surface area contributed by atoms with Crippen LogP contribution in [0.1, 0.15) is 65.9 Å². The minimum absolute atomic E-state index is 0.141. The van der Waals surface area contributed by atoms with Crippen molar-refractivity contribution in [3.8, 4) is 16.9 Å². The molecule has 0 saturated heterocycles. The first kappa shape index (κ1) is 20.3. The minimum Gasteiger partial charge on any atom is -0.496 e. The van der Waals surface area contributed by atoms with Gasteiger partial charge in [-0.2, -0.15) is 0 Å². The van der Waals surface area contributed by atoms with E-state index in [0.29, 0.717) is 0 Å². The molecule has 0 amide bonds. The first-order valence-corrected chi connectivity index (χ1v) is 9.18. The van der Waals surface area contributed by atoms with E-state index in [-0.39, 0.29) is 5.41 Å². The van der Waals surface area contributed by atoms with E-state index in [1.54, 1.807) is 7.11 Å². The Morgan fingerprint density at radius 3 is 1.88 bits per heavy atom. The third kappa shape index (κ3) is 6.39. The molecule has 24 heavy (non-hydrogen) atoms. The van der Waals surface area contributed by atoms with Crippen molar-refractivity contribution in [1.29, 1.82) is 0 Å². The molecule has 0 saturated carbocycles. The summed E-state index contributed by atoms with van der Waals surface area (Å²) in [7, 11) is 1.73. The van der Waals surface area contributed by atoms with Gasteiger partial charge in [0.05, 0.1) is 7.11 Å². The highest BCUT2D eigenvalue weighted by Crippen LogP contribution is 2.34. The van der Waals surface area contributed by atoms with Crippen LogP contribution in [0.25, 0.3) is 11.1 Å². The third-order valence-electron chi connectivity index (χ3n) is 4.11. The Balaban J connectivity index is 0.000000413. The van der Waals surface area contributed by atoms with E-state index in [2.05, 4.69) is 65.0 Å². The molecule has 0 unspecified atom stereocenters. The van der Waals surface area contributed by atoms with E-state index in [4.69, 9.17) is 4.74 Å². The minimum atomic E-state index is 0.141. The lowest BCUT2D eigenvalue weighted by Crippen LogP contribution is -2.11. The van der Waals surface area contributed by atoms with Gasteiger partial charge in [-0.15, -0.1) is 0 Å². The van der Waals surface area contributed by atoms with Gasteiger partial charge in [-0.1, -0.05) is 103 Å². The average Bonchev–Trinajstić information content (AvgIpc) is 2.60. The third-order valence-corrected chi connectivity index (χ3v) is 4.11. The van der Waals surface area contributed by atoms with Crippen LogP contribution < -0.4 is 4.74 Å². The molecule has 0 fully saturated rings. The van der Waals surface area contributed by atoms with Crippen LogP contribution in [0.5, 0.6) is 5.75 Å². The van der Waals surface area contributed by atoms with Crippen molar-refractivity contribution in [2.45, 2.75) is 65.7 Å². The summed E-state index contributed by atoms with van der Waals surface area (Å²) in [5.41, 5.74) is 3.77. The first-order chi connectivity index (χ1) is 11.4. The van der Waals surface area contributed by atoms with Gasteiger partial charge in [-0.05, 0) is 22.6 Å². The summed E-state index contributed by atoms with van der Waals surface area (Å²) >= 11 is 0. The molecule has 0 aliphatic heterocycles. The van der Waals surface area contributed by atoms with Crippen LogP contribution in [0.3, 0.4) is 0 Å². The van der Waals surface area contributed by atoms with Gasteiger partial charge in [-0.3, -0.25) is 0 Å². The summed E-state index contributed by atoms with van der Waals surface area (Å²) in [6.07, 6.45) is 5.54. The lowest BCUT2D eigenvalue weighted by Gasteiger charge is -2.21. The van der Waals surface area contributed by atoms with Crippen molar-refractivity contribution in [3.63, 3.8) is 0 Å². The molecule has 132 valence electrons. The van der Waals surface area contributed by atoms with E-state index in [1.165, 1.54) is 36.8 Å². The summed E-state index contributed by atoms with van der Waals surface area (Å²) in [6, 6.07) is 16.8. The SMILES string of the molecule is CCCCCC.COc1cc(C(C)(C)C)ccc1-c1ccccc1. The van der Waals surface area contributed by atoms with E-state index in [0.717, 1.165) is 11.3 Å². The van der Waals surface area contributed by atoms with Gasteiger partial charge < -0.3 is 4.74 Å². The largest absolute Gasteiger partial charge is 0.496 e.